The zero-order valence-electron chi connectivity index (χ0n) is 10.5. The van der Waals surface area contributed by atoms with Gasteiger partial charge in [-0.15, -0.1) is 0 Å². The minimum atomic E-state index is -1.15. The number of amides is 1. The van der Waals surface area contributed by atoms with Crippen molar-refractivity contribution < 1.29 is 19.6 Å². The van der Waals surface area contributed by atoms with Crippen molar-refractivity contribution in [3.8, 4) is 0 Å². The van der Waals surface area contributed by atoms with Crippen LogP contribution < -0.4 is 0 Å². The lowest BCUT2D eigenvalue weighted by atomic mass is 10.1. The summed E-state index contributed by atoms with van der Waals surface area (Å²) >= 11 is 10.8. The molecule has 0 spiro atoms. The number of halogens is 1. The molecule has 1 aromatic rings. The van der Waals surface area contributed by atoms with Crippen molar-refractivity contribution in [1.29, 1.82) is 0 Å². The van der Waals surface area contributed by atoms with E-state index in [9.17, 15) is 19.7 Å². The first-order valence-corrected chi connectivity index (χ1v) is 6.59. The van der Waals surface area contributed by atoms with Crippen LogP contribution in [-0.4, -0.2) is 44.3 Å². The molecule has 1 fully saturated rings. The number of hydrogen-bond donors (Lipinski definition) is 1. The second kappa shape index (κ2) is 5.74. The number of nitrogens with zero attached hydrogens (tertiary/aromatic N) is 2. The lowest BCUT2D eigenvalue weighted by Crippen LogP contribution is -2.40. The molecule has 0 aromatic heterocycles. The summed E-state index contributed by atoms with van der Waals surface area (Å²) in [6, 6.07) is 2.38. The summed E-state index contributed by atoms with van der Waals surface area (Å²) in [7, 11) is 0. The highest BCUT2D eigenvalue weighted by atomic mass is 35.5. The van der Waals surface area contributed by atoms with Crippen LogP contribution in [0.5, 0.6) is 0 Å². The van der Waals surface area contributed by atoms with Crippen LogP contribution in [0.1, 0.15) is 16.8 Å². The Hall–Kier alpha value is -2.06. The molecule has 0 radical (unpaired) electrons. The Labute approximate surface area is 129 Å². The smallest absolute Gasteiger partial charge is 0.326 e. The largest absolute Gasteiger partial charge is 0.480 e. The van der Waals surface area contributed by atoms with Gasteiger partial charge in [-0.05, 0) is 6.07 Å². The fourth-order valence-electron chi connectivity index (χ4n) is 2.07. The number of benzene rings is 1. The molecule has 1 saturated heterocycles. The monoisotopic (exact) mass is 328 g/mol. The minimum absolute atomic E-state index is 0.0122. The van der Waals surface area contributed by atoms with Gasteiger partial charge < -0.3 is 10.0 Å². The zero-order chi connectivity index (χ0) is 15.7. The molecule has 1 aromatic carbocycles. The zero-order valence-corrected chi connectivity index (χ0v) is 12.1. The molecule has 1 aliphatic rings. The summed E-state index contributed by atoms with van der Waals surface area (Å²) in [5.74, 6) is -1.76. The van der Waals surface area contributed by atoms with E-state index in [1.54, 1.807) is 0 Å². The molecule has 0 saturated carbocycles. The van der Waals surface area contributed by atoms with Crippen LogP contribution in [0.3, 0.4) is 0 Å². The number of carbonyl (C=O) groups excluding carboxylic acids is 1. The van der Waals surface area contributed by atoms with Gasteiger partial charge in [-0.1, -0.05) is 23.8 Å². The lowest BCUT2D eigenvalue weighted by Gasteiger charge is -2.21. The number of non-ortho nitro benzene ring substituents is 1. The number of thiocarbonyl (C=S) groups is 1. The summed E-state index contributed by atoms with van der Waals surface area (Å²) < 4.78 is 0. The molecule has 1 N–H and O–H groups in total. The summed E-state index contributed by atoms with van der Waals surface area (Å²) in [5, 5.41) is 19.6. The van der Waals surface area contributed by atoms with Gasteiger partial charge in [-0.2, -0.15) is 0 Å². The molecular weight excluding hydrogens is 320 g/mol. The number of nitro benzene ring substituents is 1. The van der Waals surface area contributed by atoms with Crippen molar-refractivity contribution in [2.24, 2.45) is 0 Å². The third-order valence-electron chi connectivity index (χ3n) is 3.08. The van der Waals surface area contributed by atoms with E-state index in [0.29, 0.717) is 4.86 Å². The Kier molecular flexibility index (Phi) is 4.19. The third kappa shape index (κ3) is 3.01. The molecule has 1 heterocycles. The van der Waals surface area contributed by atoms with Crippen LogP contribution >= 0.6 is 23.8 Å². The molecule has 0 bridgehead atoms. The topological polar surface area (TPSA) is 101 Å². The SMILES string of the molecule is O=C(O)[C@@H]1CC(=S)CN1C(=O)c1ccc([N+](=O)[O-])cc1Cl. The first kappa shape index (κ1) is 15.3. The van der Waals surface area contributed by atoms with Crippen LogP contribution in [0, 0.1) is 10.1 Å². The molecule has 1 atom stereocenters. The average molecular weight is 329 g/mol. The predicted molar refractivity (Wildman–Crippen MR) is 77.8 cm³/mol. The number of carboxylic acid groups (broad SMARTS) is 1. The number of aliphatic carboxylic acids is 1. The maximum absolute atomic E-state index is 12.4. The second-order valence-electron chi connectivity index (χ2n) is 4.45. The van der Waals surface area contributed by atoms with E-state index in [-0.39, 0.29) is 29.2 Å². The van der Waals surface area contributed by atoms with Crippen molar-refractivity contribution >= 4 is 46.2 Å². The van der Waals surface area contributed by atoms with E-state index < -0.39 is 22.8 Å². The van der Waals surface area contributed by atoms with Gasteiger partial charge in [0.05, 0.1) is 22.1 Å². The Balaban J connectivity index is 2.33. The van der Waals surface area contributed by atoms with E-state index in [0.717, 1.165) is 17.0 Å². The van der Waals surface area contributed by atoms with Gasteiger partial charge in [0.2, 0.25) is 0 Å². The number of hydrogen-bond acceptors (Lipinski definition) is 5. The van der Waals surface area contributed by atoms with Gasteiger partial charge in [0, 0.05) is 23.4 Å². The maximum Gasteiger partial charge on any atom is 0.326 e. The number of likely N-dealkylation sites (tertiary alicyclic amines) is 1. The molecule has 0 unspecified atom stereocenters. The summed E-state index contributed by atoms with van der Waals surface area (Å²) in [6.45, 7) is 0.0540. The molecule has 0 aliphatic carbocycles. The van der Waals surface area contributed by atoms with Gasteiger partial charge in [0.25, 0.3) is 11.6 Å². The fraction of sp³-hybridized carbons (Fsp3) is 0.250. The fourth-order valence-corrected chi connectivity index (χ4v) is 2.62. The molecule has 7 nitrogen and oxygen atoms in total. The number of carbonyl (C=O) groups is 2. The molecular formula is C12H9ClN2O5S. The molecule has 21 heavy (non-hydrogen) atoms. The highest BCUT2D eigenvalue weighted by molar-refractivity contribution is 7.80. The Bertz CT molecular complexity index is 663. The normalized spacial score (nSPS) is 17.9. The van der Waals surface area contributed by atoms with Gasteiger partial charge in [0.1, 0.15) is 6.04 Å². The second-order valence-corrected chi connectivity index (χ2v) is 5.44. The molecule has 110 valence electrons. The van der Waals surface area contributed by atoms with Gasteiger partial charge >= 0.3 is 5.97 Å². The maximum atomic E-state index is 12.4. The van der Waals surface area contributed by atoms with Crippen LogP contribution in [0.2, 0.25) is 5.02 Å². The van der Waals surface area contributed by atoms with Crippen LogP contribution in [0.15, 0.2) is 18.2 Å². The first-order chi connectivity index (χ1) is 9.81. The standard InChI is InChI=1S/C12H9ClN2O5S/c13-9-3-6(15(19)20)1-2-8(9)11(16)14-5-7(21)4-10(14)12(17)18/h1-3,10H,4-5H2,(H,17,18)/t10-/m0/s1. The third-order valence-corrected chi connectivity index (χ3v) is 3.69. The summed E-state index contributed by atoms with van der Waals surface area (Å²) in [5.41, 5.74) is -0.235. The van der Waals surface area contributed by atoms with Crippen molar-refractivity contribution in [2.75, 3.05) is 6.54 Å². The van der Waals surface area contributed by atoms with Crippen LogP contribution in [0.25, 0.3) is 0 Å². The van der Waals surface area contributed by atoms with Crippen molar-refractivity contribution in [2.45, 2.75) is 12.5 Å². The van der Waals surface area contributed by atoms with Gasteiger partial charge in [-0.3, -0.25) is 14.9 Å². The molecule has 2 rings (SSSR count). The first-order valence-electron chi connectivity index (χ1n) is 5.80. The van der Waals surface area contributed by atoms with Gasteiger partial charge in [0.15, 0.2) is 0 Å². The summed E-state index contributed by atoms with van der Waals surface area (Å²) in [4.78, 5) is 35.1. The quantitative estimate of drug-likeness (QED) is 0.517. The lowest BCUT2D eigenvalue weighted by molar-refractivity contribution is -0.384. The number of carboxylic acids is 1. The minimum Gasteiger partial charge on any atom is -0.480 e. The van der Waals surface area contributed by atoms with Gasteiger partial charge in [-0.25, -0.2) is 4.79 Å². The number of rotatable bonds is 3. The van der Waals surface area contributed by atoms with E-state index in [1.165, 1.54) is 6.07 Å². The Morgan fingerprint density at radius 3 is 2.67 bits per heavy atom. The van der Waals surface area contributed by atoms with E-state index in [1.807, 2.05) is 0 Å². The number of nitro groups is 1. The van der Waals surface area contributed by atoms with Crippen LogP contribution in [-0.2, 0) is 4.79 Å². The molecule has 9 heteroatoms. The van der Waals surface area contributed by atoms with Crippen LogP contribution in [0.4, 0.5) is 5.69 Å². The molecule has 1 amide bonds. The predicted octanol–water partition coefficient (Wildman–Crippen LogP) is 1.92. The average Bonchev–Trinajstić information content (AvgIpc) is 2.80. The van der Waals surface area contributed by atoms with E-state index in [2.05, 4.69) is 0 Å². The van der Waals surface area contributed by atoms with E-state index in [4.69, 9.17) is 28.9 Å². The Morgan fingerprint density at radius 2 is 2.14 bits per heavy atom. The van der Waals surface area contributed by atoms with Crippen molar-refractivity contribution in [3.63, 3.8) is 0 Å². The Morgan fingerprint density at radius 1 is 1.48 bits per heavy atom. The van der Waals surface area contributed by atoms with E-state index >= 15 is 0 Å². The highest BCUT2D eigenvalue weighted by Gasteiger charge is 2.37. The van der Waals surface area contributed by atoms with Crippen molar-refractivity contribution in [1.82, 2.24) is 4.90 Å². The highest BCUT2D eigenvalue weighted by Crippen LogP contribution is 2.26. The molecule has 1 aliphatic heterocycles. The summed E-state index contributed by atoms with van der Waals surface area (Å²) in [6.07, 6.45) is 0.112. The van der Waals surface area contributed by atoms with Crippen molar-refractivity contribution in [3.05, 3.63) is 38.9 Å².